The van der Waals surface area contributed by atoms with E-state index in [1.807, 2.05) is 6.92 Å². The first-order valence-corrected chi connectivity index (χ1v) is 20.4. The van der Waals surface area contributed by atoms with Gasteiger partial charge in [-0.25, -0.2) is 9.59 Å². The molecule has 62 heavy (non-hydrogen) atoms. The number of hydrogen-bond acceptors (Lipinski definition) is 11. The minimum absolute atomic E-state index is 0.0829. The minimum Gasteiger partial charge on any atom is -0.502 e. The van der Waals surface area contributed by atoms with E-state index in [9.17, 15) is 57.3 Å². The zero-order valence-electron chi connectivity index (χ0n) is 32.6. The number of thiophene rings is 2. The fourth-order valence-electron chi connectivity index (χ4n) is 5.72. The van der Waals surface area contributed by atoms with Crippen molar-refractivity contribution in [3.63, 3.8) is 0 Å². The van der Waals surface area contributed by atoms with Crippen LogP contribution < -0.4 is 26.5 Å². The number of carbonyl (C=O) groups is 5. The summed E-state index contributed by atoms with van der Waals surface area (Å²) >= 11 is 14.8. The maximum absolute atomic E-state index is 13.2. The predicted molar refractivity (Wildman–Crippen MR) is 230 cm³/mol. The molecule has 4 heterocycles. The van der Waals surface area contributed by atoms with Crippen LogP contribution in [-0.4, -0.2) is 67.3 Å². The fourth-order valence-corrected chi connectivity index (χ4v) is 8.08. The maximum atomic E-state index is 13.2. The topological polar surface area (TPSA) is 223 Å². The highest BCUT2D eigenvalue weighted by atomic mass is 35.5. The number of fused-ring (bicyclic) bond motifs is 2. The first-order chi connectivity index (χ1) is 29.2. The monoisotopic (exact) mass is 938 g/mol. The summed E-state index contributed by atoms with van der Waals surface area (Å²) in [5.41, 5.74) is 1.45. The third-order valence-electron chi connectivity index (χ3n) is 8.35. The number of aldehydes is 1. The molecule has 0 bridgehead atoms. The highest BCUT2D eigenvalue weighted by Crippen LogP contribution is 2.32. The number of benzene rings is 2. The Morgan fingerprint density at radius 1 is 0.774 bits per heavy atom. The van der Waals surface area contributed by atoms with Gasteiger partial charge in [0.25, 0.3) is 11.1 Å². The van der Waals surface area contributed by atoms with E-state index in [1.165, 1.54) is 34.3 Å². The van der Waals surface area contributed by atoms with Gasteiger partial charge in [0.1, 0.15) is 11.1 Å². The summed E-state index contributed by atoms with van der Waals surface area (Å²) in [5, 5.41) is 38.3. The Hall–Kier alpha value is -6.22. The quantitative estimate of drug-likeness (QED) is 0.0578. The molecular formula is C40H35Cl2F3N4O11S2. The van der Waals surface area contributed by atoms with E-state index in [2.05, 4.69) is 10.6 Å². The number of nitrogens with zero attached hydrogens (tertiary/aromatic N) is 2. The molecule has 0 fully saturated rings. The third-order valence-corrected chi connectivity index (χ3v) is 10.8. The molecule has 0 unspecified atom stereocenters. The number of halogens is 5. The number of unbranched alkanes of at least 4 members (excludes halogenated alkanes) is 1. The Bertz CT molecular complexity index is 2800. The van der Waals surface area contributed by atoms with Crippen molar-refractivity contribution in [3.8, 4) is 11.5 Å². The van der Waals surface area contributed by atoms with Gasteiger partial charge in [-0.2, -0.15) is 13.2 Å². The number of aromatic carboxylic acids is 2. The van der Waals surface area contributed by atoms with E-state index in [-0.39, 0.29) is 42.8 Å². The van der Waals surface area contributed by atoms with Crippen molar-refractivity contribution in [3.05, 3.63) is 112 Å². The number of carbonyl (C=O) groups excluding carboxylic acids is 3. The lowest BCUT2D eigenvalue weighted by Gasteiger charge is -2.15. The summed E-state index contributed by atoms with van der Waals surface area (Å²) in [5.74, 6) is -3.99. The van der Waals surface area contributed by atoms with Crippen LogP contribution in [0.15, 0.2) is 68.9 Å². The zero-order valence-corrected chi connectivity index (χ0v) is 35.7. The van der Waals surface area contributed by atoms with Gasteiger partial charge in [0.05, 0.1) is 61.5 Å². The number of hydrogen-bond donors (Lipinski definition) is 5. The number of rotatable bonds is 12. The summed E-state index contributed by atoms with van der Waals surface area (Å²) in [6.07, 6.45) is -4.13. The van der Waals surface area contributed by atoms with Crippen LogP contribution >= 0.6 is 45.9 Å². The summed E-state index contributed by atoms with van der Waals surface area (Å²) < 4.78 is 40.5. The number of aromatic hydroxyl groups is 1. The summed E-state index contributed by atoms with van der Waals surface area (Å²) in [6.45, 7) is 5.26. The predicted octanol–water partition coefficient (Wildman–Crippen LogP) is 8.47. The van der Waals surface area contributed by atoms with Crippen molar-refractivity contribution in [2.45, 2.75) is 52.9 Å². The molecule has 0 spiro atoms. The van der Waals surface area contributed by atoms with Gasteiger partial charge in [-0.15, -0.1) is 22.7 Å². The molecule has 0 radical (unpaired) electrons. The number of anilines is 2. The van der Waals surface area contributed by atoms with Crippen LogP contribution in [0.4, 0.5) is 24.5 Å². The standard InChI is InChI=1S/C21H21ClN2O5S.C17H13ClN2O5S.C2HF3O/c1-3-4-8-29-18-17(21(27)28)19-16(7-9-30-19)24(20(18)26)11-13-5-6-15(14(22)10-13)23-12(2)25;1-8(21)19-11-3-2-9(6-10(11)18)7-20-12-4-5-26-15(12)13(17(24)25)14(22)16(20)23;3-2(4,5)1-6/h5-7,9-10H,3-4,8,11H2,1-2H3,(H,23,25)(H,27,28);2-6,22H,7H2,1H3,(H,19,21)(H,24,25);1H. The number of pyridine rings is 2. The largest absolute Gasteiger partial charge is 0.502 e. The van der Waals surface area contributed by atoms with Crippen LogP contribution in [0.2, 0.25) is 10.0 Å². The molecule has 0 atom stereocenters. The molecule has 328 valence electrons. The number of aromatic nitrogens is 2. The summed E-state index contributed by atoms with van der Waals surface area (Å²) in [6, 6.07) is 13.3. The second kappa shape index (κ2) is 21.0. The van der Waals surface area contributed by atoms with E-state index >= 15 is 0 Å². The van der Waals surface area contributed by atoms with Crippen LogP contribution in [-0.2, 0) is 27.5 Å². The van der Waals surface area contributed by atoms with E-state index in [0.29, 0.717) is 53.8 Å². The van der Waals surface area contributed by atoms with Crippen LogP contribution in [0.3, 0.4) is 0 Å². The SMILES string of the molecule is CC(=O)Nc1ccc(Cn2c(=O)c(O)c(C(=O)O)c3sccc32)cc1Cl.CCCCOc1c(C(=O)O)c2sccc2n(Cc2ccc(NC(C)=O)c(Cl)c2)c1=O.O=CC(F)(F)F. The Balaban J connectivity index is 0.000000243. The fraction of sp³-hybridized carbons (Fsp3) is 0.225. The number of ether oxygens (including phenoxy) is 1. The molecule has 22 heteroatoms. The molecule has 0 saturated carbocycles. The van der Waals surface area contributed by atoms with Gasteiger partial charge in [-0.3, -0.25) is 33.1 Å². The second-order valence-corrected chi connectivity index (χ2v) is 15.6. The number of nitrogens with one attached hydrogen (secondary N) is 2. The van der Waals surface area contributed by atoms with Crippen molar-refractivity contribution >= 4 is 108 Å². The van der Waals surface area contributed by atoms with Crippen molar-refractivity contribution in [2.75, 3.05) is 17.2 Å². The molecule has 6 rings (SSSR count). The first kappa shape index (κ1) is 48.4. The van der Waals surface area contributed by atoms with Gasteiger partial charge in [0.15, 0.2) is 5.75 Å². The van der Waals surface area contributed by atoms with Gasteiger partial charge < -0.3 is 30.7 Å². The molecular weight excluding hydrogens is 904 g/mol. The average molecular weight is 940 g/mol. The molecule has 0 aliphatic rings. The Morgan fingerprint density at radius 2 is 1.21 bits per heavy atom. The highest BCUT2D eigenvalue weighted by Gasteiger charge is 2.26. The molecule has 0 aliphatic heterocycles. The van der Waals surface area contributed by atoms with Gasteiger partial charge in [-0.05, 0) is 64.7 Å². The van der Waals surface area contributed by atoms with Crippen LogP contribution in [0.25, 0.3) is 20.4 Å². The third kappa shape index (κ3) is 12.0. The van der Waals surface area contributed by atoms with E-state index < -0.39 is 46.8 Å². The normalized spacial score (nSPS) is 10.9. The molecule has 0 aliphatic carbocycles. The first-order valence-electron chi connectivity index (χ1n) is 17.9. The second-order valence-electron chi connectivity index (χ2n) is 12.9. The summed E-state index contributed by atoms with van der Waals surface area (Å²) in [4.78, 5) is 80.0. The Labute approximate surface area is 366 Å². The number of carboxylic acids is 2. The summed E-state index contributed by atoms with van der Waals surface area (Å²) in [7, 11) is 0. The van der Waals surface area contributed by atoms with Gasteiger partial charge in [-0.1, -0.05) is 48.7 Å². The molecule has 2 amide bonds. The molecule has 15 nitrogen and oxygen atoms in total. The Kier molecular flexibility index (Phi) is 16.4. The molecule has 6 aromatic rings. The zero-order chi connectivity index (χ0) is 46.1. The van der Waals surface area contributed by atoms with E-state index in [0.717, 1.165) is 23.3 Å². The van der Waals surface area contributed by atoms with Gasteiger partial charge >= 0.3 is 18.1 Å². The molecule has 0 saturated heterocycles. The molecule has 2 aromatic carbocycles. The lowest BCUT2D eigenvalue weighted by molar-refractivity contribution is -0.156. The number of amides is 2. The number of alkyl halides is 3. The van der Waals surface area contributed by atoms with Crippen molar-refractivity contribution in [1.82, 2.24) is 9.13 Å². The lowest BCUT2D eigenvalue weighted by atomic mass is 10.1. The van der Waals surface area contributed by atoms with Gasteiger partial charge in [0, 0.05) is 13.8 Å². The van der Waals surface area contributed by atoms with Crippen molar-refractivity contribution < 1.29 is 57.2 Å². The smallest absolute Gasteiger partial charge is 0.446 e. The van der Waals surface area contributed by atoms with Crippen LogP contribution in [0, 0.1) is 0 Å². The van der Waals surface area contributed by atoms with Gasteiger partial charge in [0.2, 0.25) is 23.9 Å². The molecule has 4 aromatic heterocycles. The van der Waals surface area contributed by atoms with Crippen molar-refractivity contribution in [2.24, 2.45) is 0 Å². The molecule has 5 N–H and O–H groups in total. The van der Waals surface area contributed by atoms with Crippen LogP contribution in [0.1, 0.15) is 65.5 Å². The van der Waals surface area contributed by atoms with Crippen LogP contribution in [0.5, 0.6) is 11.5 Å². The van der Waals surface area contributed by atoms with E-state index in [4.69, 9.17) is 32.7 Å². The minimum atomic E-state index is -4.64. The maximum Gasteiger partial charge on any atom is 0.446 e. The lowest BCUT2D eigenvalue weighted by Crippen LogP contribution is -2.26. The van der Waals surface area contributed by atoms with Crippen molar-refractivity contribution in [1.29, 1.82) is 0 Å². The average Bonchev–Trinajstić information content (AvgIpc) is 3.87. The Morgan fingerprint density at radius 3 is 1.60 bits per heavy atom. The number of carboxylic acid groups (broad SMARTS) is 2. The highest BCUT2D eigenvalue weighted by molar-refractivity contribution is 7.17. The van der Waals surface area contributed by atoms with E-state index in [1.54, 1.807) is 59.3 Å².